The van der Waals surface area contributed by atoms with Crippen molar-refractivity contribution in [1.29, 1.82) is 0 Å². The molecule has 0 radical (unpaired) electrons. The van der Waals surface area contributed by atoms with E-state index in [0.29, 0.717) is 36.2 Å². The van der Waals surface area contributed by atoms with E-state index in [0.717, 1.165) is 0 Å². The van der Waals surface area contributed by atoms with Crippen LogP contribution in [0.15, 0.2) is 52.4 Å². The Labute approximate surface area is 170 Å². The van der Waals surface area contributed by atoms with E-state index >= 15 is 0 Å². The average Bonchev–Trinajstić information content (AvgIpc) is 2.68. The number of carbonyl (C=O) groups is 1. The van der Waals surface area contributed by atoms with E-state index in [1.165, 1.54) is 16.0 Å². The predicted octanol–water partition coefficient (Wildman–Crippen LogP) is 3.47. The highest BCUT2D eigenvalue weighted by atomic mass is 35.5. The van der Waals surface area contributed by atoms with Gasteiger partial charge in [-0.3, -0.25) is 9.79 Å². The number of guanidine groups is 1. The van der Waals surface area contributed by atoms with Crippen LogP contribution in [0.2, 0.25) is 5.02 Å². The number of nitrogens with zero attached hydrogens (tertiary/aromatic N) is 1. The molecule has 0 aliphatic heterocycles. The molecular formula is C20H25ClN4OS. The second-order valence-corrected chi connectivity index (χ2v) is 7.16. The van der Waals surface area contributed by atoms with Crippen LogP contribution in [0.25, 0.3) is 0 Å². The maximum atomic E-state index is 12.1. The zero-order chi connectivity index (χ0) is 19.6. The molecule has 0 aliphatic carbocycles. The van der Waals surface area contributed by atoms with Crippen LogP contribution in [-0.2, 0) is 6.54 Å². The third-order valence-corrected chi connectivity index (χ3v) is 5.08. The smallest absolute Gasteiger partial charge is 0.252 e. The summed E-state index contributed by atoms with van der Waals surface area (Å²) in [6.07, 6.45) is 2.08. The van der Waals surface area contributed by atoms with E-state index in [9.17, 15) is 4.79 Å². The van der Waals surface area contributed by atoms with Crippen LogP contribution in [0.4, 0.5) is 0 Å². The van der Waals surface area contributed by atoms with Crippen molar-refractivity contribution < 1.29 is 4.79 Å². The predicted molar refractivity (Wildman–Crippen MR) is 115 cm³/mol. The molecule has 27 heavy (non-hydrogen) atoms. The van der Waals surface area contributed by atoms with Gasteiger partial charge in [-0.1, -0.05) is 35.9 Å². The molecule has 0 saturated carbocycles. The van der Waals surface area contributed by atoms with Crippen molar-refractivity contribution in [1.82, 2.24) is 16.0 Å². The highest BCUT2D eigenvalue weighted by Gasteiger charge is 2.08. The van der Waals surface area contributed by atoms with E-state index in [-0.39, 0.29) is 5.91 Å². The minimum atomic E-state index is -0.186. The topological polar surface area (TPSA) is 65.5 Å². The Kier molecular flexibility index (Phi) is 8.48. The summed E-state index contributed by atoms with van der Waals surface area (Å²) in [6.45, 7) is 3.79. The van der Waals surface area contributed by atoms with Crippen molar-refractivity contribution in [3.05, 3.63) is 64.2 Å². The summed E-state index contributed by atoms with van der Waals surface area (Å²) < 4.78 is 0. The average molecular weight is 405 g/mol. The Balaban J connectivity index is 1.78. The second kappa shape index (κ2) is 10.8. The van der Waals surface area contributed by atoms with Crippen LogP contribution in [0, 0.1) is 6.92 Å². The lowest BCUT2D eigenvalue weighted by molar-refractivity contribution is 0.0954. The van der Waals surface area contributed by atoms with Gasteiger partial charge in [0.15, 0.2) is 5.96 Å². The number of aliphatic imine (C=N–C) groups is 1. The number of hydrogen-bond donors (Lipinski definition) is 3. The largest absolute Gasteiger partial charge is 0.355 e. The Hall–Kier alpha value is -2.18. The first kappa shape index (κ1) is 21.1. The van der Waals surface area contributed by atoms with Gasteiger partial charge in [0, 0.05) is 31.6 Å². The number of rotatable bonds is 7. The summed E-state index contributed by atoms with van der Waals surface area (Å²) in [5, 5.41) is 9.79. The summed E-state index contributed by atoms with van der Waals surface area (Å²) >= 11 is 7.77. The van der Waals surface area contributed by atoms with Gasteiger partial charge in [-0.2, -0.15) is 0 Å². The third kappa shape index (κ3) is 6.48. The maximum Gasteiger partial charge on any atom is 0.252 e. The molecule has 144 valence electrons. The van der Waals surface area contributed by atoms with Gasteiger partial charge in [0.2, 0.25) is 0 Å². The molecule has 0 aliphatic rings. The molecule has 2 rings (SSSR count). The van der Waals surface area contributed by atoms with Gasteiger partial charge < -0.3 is 16.0 Å². The Morgan fingerprint density at radius 2 is 1.85 bits per heavy atom. The normalized spacial score (nSPS) is 11.2. The van der Waals surface area contributed by atoms with E-state index in [1.807, 2.05) is 0 Å². The molecule has 0 unspecified atom stereocenters. The van der Waals surface area contributed by atoms with Gasteiger partial charge in [-0.25, -0.2) is 0 Å². The van der Waals surface area contributed by atoms with E-state index in [4.69, 9.17) is 11.6 Å². The molecule has 0 atom stereocenters. The summed E-state index contributed by atoms with van der Waals surface area (Å²) in [4.78, 5) is 17.6. The zero-order valence-corrected chi connectivity index (χ0v) is 17.4. The van der Waals surface area contributed by atoms with E-state index < -0.39 is 0 Å². The zero-order valence-electron chi connectivity index (χ0n) is 15.8. The van der Waals surface area contributed by atoms with Gasteiger partial charge in [0.25, 0.3) is 5.91 Å². The van der Waals surface area contributed by atoms with Gasteiger partial charge in [0.05, 0.1) is 10.6 Å². The van der Waals surface area contributed by atoms with Crippen LogP contribution in [0.5, 0.6) is 0 Å². The lowest BCUT2D eigenvalue weighted by Gasteiger charge is -2.14. The quantitative estimate of drug-likeness (QED) is 0.286. The first-order valence-electron chi connectivity index (χ1n) is 8.66. The minimum Gasteiger partial charge on any atom is -0.355 e. The van der Waals surface area contributed by atoms with Gasteiger partial charge in [0.1, 0.15) is 0 Å². The second-order valence-electron chi connectivity index (χ2n) is 5.90. The summed E-state index contributed by atoms with van der Waals surface area (Å²) in [5.41, 5.74) is 2.95. The van der Waals surface area contributed by atoms with Crippen molar-refractivity contribution in [2.75, 3.05) is 26.4 Å². The highest BCUT2D eigenvalue weighted by molar-refractivity contribution is 7.98. The monoisotopic (exact) mass is 404 g/mol. The number of thioether (sulfide) groups is 1. The first-order valence-corrected chi connectivity index (χ1v) is 10.3. The van der Waals surface area contributed by atoms with E-state index in [1.54, 1.807) is 43.1 Å². The lowest BCUT2D eigenvalue weighted by Crippen LogP contribution is -2.41. The lowest BCUT2D eigenvalue weighted by atomic mass is 10.1. The maximum absolute atomic E-state index is 12.1. The SMILES string of the molecule is CN=C(NCCNC(=O)c1ccccc1Cl)NCc1ccc(C)cc1SC. The molecule has 7 heteroatoms. The van der Waals surface area contributed by atoms with Crippen LogP contribution in [0.3, 0.4) is 0 Å². The Morgan fingerprint density at radius 3 is 2.56 bits per heavy atom. The standard InChI is InChI=1S/C20H25ClN4OS/c1-14-8-9-15(18(12-14)27-3)13-25-20(22-2)24-11-10-23-19(26)16-6-4-5-7-17(16)21/h4-9,12H,10-11,13H2,1-3H3,(H,23,26)(H2,22,24,25). The van der Waals surface area contributed by atoms with Crippen molar-refractivity contribution in [3.8, 4) is 0 Å². The van der Waals surface area contributed by atoms with Crippen molar-refractivity contribution in [2.45, 2.75) is 18.4 Å². The van der Waals surface area contributed by atoms with E-state index in [2.05, 4.69) is 52.3 Å². The number of amides is 1. The summed E-state index contributed by atoms with van der Waals surface area (Å²) in [5.74, 6) is 0.504. The molecular weight excluding hydrogens is 380 g/mol. The number of carbonyl (C=O) groups excluding carboxylic acids is 1. The fourth-order valence-corrected chi connectivity index (χ4v) is 3.42. The van der Waals surface area contributed by atoms with Crippen molar-refractivity contribution in [3.63, 3.8) is 0 Å². The molecule has 1 amide bonds. The molecule has 0 bridgehead atoms. The van der Waals surface area contributed by atoms with Crippen LogP contribution >= 0.6 is 23.4 Å². The van der Waals surface area contributed by atoms with Crippen LogP contribution < -0.4 is 16.0 Å². The molecule has 0 saturated heterocycles. The minimum absolute atomic E-state index is 0.186. The van der Waals surface area contributed by atoms with Gasteiger partial charge >= 0.3 is 0 Å². The number of nitrogens with one attached hydrogen (secondary N) is 3. The molecule has 2 aromatic carbocycles. The van der Waals surface area contributed by atoms with Crippen LogP contribution in [0.1, 0.15) is 21.5 Å². The number of halogens is 1. The number of aryl methyl sites for hydroxylation is 1. The molecule has 3 N–H and O–H groups in total. The molecule has 5 nitrogen and oxygen atoms in total. The molecule has 0 fully saturated rings. The first-order chi connectivity index (χ1) is 13.0. The van der Waals surface area contributed by atoms with Gasteiger partial charge in [-0.05, 0) is 42.5 Å². The summed E-state index contributed by atoms with van der Waals surface area (Å²) in [6, 6.07) is 13.4. The highest BCUT2D eigenvalue weighted by Crippen LogP contribution is 2.21. The van der Waals surface area contributed by atoms with Crippen LogP contribution in [-0.4, -0.2) is 38.3 Å². The van der Waals surface area contributed by atoms with Gasteiger partial charge in [-0.15, -0.1) is 11.8 Å². The van der Waals surface area contributed by atoms with Crippen molar-refractivity contribution in [2.24, 2.45) is 4.99 Å². The fourth-order valence-electron chi connectivity index (χ4n) is 2.49. The molecule has 0 heterocycles. The molecule has 0 spiro atoms. The van der Waals surface area contributed by atoms with Crippen molar-refractivity contribution >= 4 is 35.2 Å². The fraction of sp³-hybridized carbons (Fsp3) is 0.300. The number of hydrogen-bond acceptors (Lipinski definition) is 3. The molecule has 2 aromatic rings. The molecule has 0 aromatic heterocycles. The summed E-state index contributed by atoms with van der Waals surface area (Å²) in [7, 11) is 1.72. The third-order valence-electron chi connectivity index (χ3n) is 3.93. The Morgan fingerprint density at radius 1 is 1.11 bits per heavy atom. The Bertz CT molecular complexity index is 810. The number of benzene rings is 2.